The zero-order chi connectivity index (χ0) is 60.2. The molecule has 5 heterocycles. The summed E-state index contributed by atoms with van der Waals surface area (Å²) >= 11 is 0. The zero-order valence-electron chi connectivity index (χ0n) is 44.1. The molecule has 0 aliphatic carbocycles. The van der Waals surface area contributed by atoms with E-state index in [-0.39, 0.29) is 55.6 Å². The number of sulfone groups is 2. The number of aromatic carboxylic acids is 4. The van der Waals surface area contributed by atoms with E-state index < -0.39 is 116 Å². The van der Waals surface area contributed by atoms with Crippen LogP contribution in [0.1, 0.15) is 94.4 Å². The standard InChI is InChI=1S/C51H45N17O13S2/c1-50(2,3)37-35(59-61-41-33(82(78,79)31-13-9-7-10-14-31)23-54-65(41)29-19-25(43(69)70)17-26(20-29)44(71)72)39(52)67(63-37)47-56-48(58-49(77)57-47)68-40(53)36(38(64-68)51(4,5)6)60-62-42-34(83(80,81)32-15-11-8-12-16-32)24-55-66(42)30-21-27(45(73)74)18-28(22-30)46(75)76/h7-24H,52-53H2,1-6H3,(H,69,70)(H,71,72)(H,73,74)(H,75,76)(H,56,57,58,77). The second kappa shape index (κ2) is 21.0. The monoisotopic (exact) mass is 1170 g/mol. The summed E-state index contributed by atoms with van der Waals surface area (Å²) in [4.78, 5) is 59.7. The third-order valence-corrected chi connectivity index (χ3v) is 15.6. The Kier molecular flexibility index (Phi) is 14.4. The lowest BCUT2D eigenvalue weighted by Crippen LogP contribution is -2.16. The highest BCUT2D eigenvalue weighted by molar-refractivity contribution is 7.92. The molecule has 424 valence electrons. The minimum Gasteiger partial charge on any atom is -0.479 e. The number of nitrogens with zero attached hydrogens (tertiary/aromatic N) is 15. The fourth-order valence-electron chi connectivity index (χ4n) is 8.09. The third kappa shape index (κ3) is 10.8. The number of aromatic hydroxyl groups is 1. The number of nitrogens with two attached hydrogens (primary N) is 2. The molecule has 4 aromatic carbocycles. The largest absolute Gasteiger partial charge is 0.479 e. The predicted octanol–water partition coefficient (Wildman–Crippen LogP) is 7.37. The summed E-state index contributed by atoms with van der Waals surface area (Å²) in [5, 5.41) is 85.7. The van der Waals surface area contributed by atoms with Gasteiger partial charge in [-0.15, -0.1) is 20.5 Å². The minimum atomic E-state index is -4.48. The molecule has 32 heteroatoms. The smallest absolute Gasteiger partial charge is 0.335 e. The van der Waals surface area contributed by atoms with Crippen LogP contribution in [-0.2, 0) is 30.5 Å². The van der Waals surface area contributed by atoms with Crippen molar-refractivity contribution >= 4 is 78.2 Å². The lowest BCUT2D eigenvalue weighted by molar-refractivity contribution is 0.0676. The number of anilines is 2. The van der Waals surface area contributed by atoms with Crippen molar-refractivity contribution in [1.82, 2.24) is 54.1 Å². The summed E-state index contributed by atoms with van der Waals surface area (Å²) in [6, 6.07) is 19.4. The minimum absolute atomic E-state index is 0.0952. The van der Waals surface area contributed by atoms with Gasteiger partial charge < -0.3 is 37.0 Å². The molecule has 0 radical (unpaired) electrons. The number of hydrogen-bond donors (Lipinski definition) is 7. The number of nitrogen functional groups attached to an aromatic ring is 2. The number of carbonyl (C=O) groups is 4. The summed E-state index contributed by atoms with van der Waals surface area (Å²) < 4.78 is 60.6. The molecule has 0 fully saturated rings. The average molecular weight is 1170 g/mol. The van der Waals surface area contributed by atoms with E-state index in [4.69, 9.17) is 11.5 Å². The number of hydrogen-bond acceptors (Lipinski definition) is 22. The van der Waals surface area contributed by atoms with Gasteiger partial charge in [0.05, 0.1) is 67.2 Å². The first kappa shape index (κ1) is 56.8. The second-order valence-electron chi connectivity index (χ2n) is 20.0. The Labute approximate surface area is 468 Å². The van der Waals surface area contributed by atoms with Gasteiger partial charge in [0.2, 0.25) is 19.7 Å². The Hall–Kier alpha value is -10.9. The van der Waals surface area contributed by atoms with E-state index in [1.54, 1.807) is 53.7 Å². The summed E-state index contributed by atoms with van der Waals surface area (Å²) in [7, 11) is -8.96. The Morgan fingerprint density at radius 1 is 0.482 bits per heavy atom. The van der Waals surface area contributed by atoms with E-state index in [0.29, 0.717) is 0 Å². The lowest BCUT2D eigenvalue weighted by atomic mass is 9.91. The molecule has 0 saturated carbocycles. The molecule has 0 bridgehead atoms. The molecule has 0 amide bonds. The van der Waals surface area contributed by atoms with E-state index in [1.165, 1.54) is 48.5 Å². The number of carboxylic acid groups (broad SMARTS) is 4. The SMILES string of the molecule is CC(C)(C)c1nn(-c2nc(O)nc(-n3nc(C(C)(C)C)c(N=Nc4c(S(=O)(=O)c5ccccc5)cnn4-c4cc(C(=O)O)cc(C(=O)O)c4)c3N)n2)c(N)c1N=Nc1c(S(=O)(=O)c2ccccc2)cnn1-c1cc(C(=O)O)cc(C(=O)O)c1. The van der Waals surface area contributed by atoms with Crippen LogP contribution in [-0.4, -0.2) is 120 Å². The van der Waals surface area contributed by atoms with Crippen molar-refractivity contribution < 1.29 is 61.5 Å². The molecule has 0 atom stereocenters. The number of benzene rings is 4. The van der Waals surface area contributed by atoms with Crippen molar-refractivity contribution in [2.24, 2.45) is 20.5 Å². The fraction of sp³-hybridized carbons (Fsp3) is 0.157. The fourth-order valence-corrected chi connectivity index (χ4v) is 10.7. The Morgan fingerprint density at radius 2 is 0.807 bits per heavy atom. The van der Waals surface area contributed by atoms with Gasteiger partial charge in [-0.3, -0.25) is 0 Å². The maximum atomic E-state index is 14.2. The number of azo groups is 2. The molecular formula is C51H45N17O13S2. The first-order valence-corrected chi connectivity index (χ1v) is 27.0. The van der Waals surface area contributed by atoms with Gasteiger partial charge in [0, 0.05) is 10.8 Å². The van der Waals surface area contributed by atoms with E-state index in [1.807, 2.05) is 0 Å². The van der Waals surface area contributed by atoms with Crippen LogP contribution in [0, 0.1) is 0 Å². The third-order valence-electron chi connectivity index (χ3n) is 12.1. The van der Waals surface area contributed by atoms with Crippen LogP contribution in [0.4, 0.5) is 34.6 Å². The second-order valence-corrected chi connectivity index (χ2v) is 23.8. The van der Waals surface area contributed by atoms with E-state index in [2.05, 4.69) is 55.8 Å². The highest BCUT2D eigenvalue weighted by Gasteiger charge is 2.34. The van der Waals surface area contributed by atoms with Crippen molar-refractivity contribution in [3.05, 3.63) is 143 Å². The van der Waals surface area contributed by atoms with Crippen LogP contribution in [0.15, 0.2) is 149 Å². The average Bonchev–Trinajstić information content (AvgIpc) is 2.58. The van der Waals surface area contributed by atoms with Gasteiger partial charge in [0.1, 0.15) is 9.79 Å². The lowest BCUT2D eigenvalue weighted by Gasteiger charge is -2.15. The Morgan fingerprint density at radius 3 is 1.11 bits per heavy atom. The first-order valence-electron chi connectivity index (χ1n) is 24.0. The Balaban J connectivity index is 1.18. The molecule has 30 nitrogen and oxygen atoms in total. The summed E-state index contributed by atoms with van der Waals surface area (Å²) in [6.45, 7) is 10.3. The van der Waals surface area contributed by atoms with Crippen molar-refractivity contribution in [1.29, 1.82) is 0 Å². The van der Waals surface area contributed by atoms with E-state index >= 15 is 0 Å². The van der Waals surface area contributed by atoms with Crippen LogP contribution in [0.2, 0.25) is 0 Å². The highest BCUT2D eigenvalue weighted by Crippen LogP contribution is 2.42. The maximum absolute atomic E-state index is 14.2. The van der Waals surface area contributed by atoms with Gasteiger partial charge in [-0.1, -0.05) is 77.9 Å². The van der Waals surface area contributed by atoms with Crippen LogP contribution in [0.5, 0.6) is 6.01 Å². The number of aromatic nitrogens is 11. The molecule has 9 rings (SSSR count). The number of carboxylic acids is 4. The molecule has 0 aliphatic rings. The van der Waals surface area contributed by atoms with Gasteiger partial charge in [0.15, 0.2) is 34.6 Å². The van der Waals surface area contributed by atoms with Crippen LogP contribution >= 0.6 is 0 Å². The van der Waals surface area contributed by atoms with Crippen molar-refractivity contribution in [3.63, 3.8) is 0 Å². The molecule has 5 aromatic heterocycles. The zero-order valence-corrected chi connectivity index (χ0v) is 45.7. The van der Waals surface area contributed by atoms with E-state index in [0.717, 1.165) is 67.5 Å². The van der Waals surface area contributed by atoms with Gasteiger partial charge in [-0.2, -0.15) is 44.7 Å². The number of rotatable bonds is 16. The van der Waals surface area contributed by atoms with Crippen molar-refractivity contribution in [3.8, 4) is 29.3 Å². The molecule has 0 aliphatic heterocycles. The maximum Gasteiger partial charge on any atom is 0.335 e. The van der Waals surface area contributed by atoms with Gasteiger partial charge in [-0.05, 0) is 60.7 Å². The van der Waals surface area contributed by atoms with Crippen LogP contribution < -0.4 is 11.5 Å². The van der Waals surface area contributed by atoms with E-state index in [9.17, 15) is 61.5 Å². The molecule has 9 aromatic rings. The Bertz CT molecular complexity index is 4100. The summed E-state index contributed by atoms with van der Waals surface area (Å²) in [5.74, 6) is -8.70. The quantitative estimate of drug-likeness (QED) is 0.0464. The summed E-state index contributed by atoms with van der Waals surface area (Å²) in [5.41, 5.74) is 9.08. The van der Waals surface area contributed by atoms with Crippen molar-refractivity contribution in [2.75, 3.05) is 11.5 Å². The van der Waals surface area contributed by atoms with Gasteiger partial charge >= 0.3 is 29.9 Å². The van der Waals surface area contributed by atoms with Crippen molar-refractivity contribution in [2.45, 2.75) is 72.0 Å². The van der Waals surface area contributed by atoms with Crippen LogP contribution in [0.25, 0.3) is 23.3 Å². The van der Waals surface area contributed by atoms with Crippen LogP contribution in [0.3, 0.4) is 0 Å². The highest BCUT2D eigenvalue weighted by atomic mass is 32.2. The molecule has 9 N–H and O–H groups in total. The molecule has 0 saturated heterocycles. The topological polar surface area (TPSA) is 449 Å². The molecule has 0 unspecified atom stereocenters. The summed E-state index contributed by atoms with van der Waals surface area (Å²) in [6.07, 6.45) is 1.86. The first-order chi connectivity index (χ1) is 39.0. The predicted molar refractivity (Wildman–Crippen MR) is 289 cm³/mol. The molecule has 83 heavy (non-hydrogen) atoms. The van der Waals surface area contributed by atoms with Gasteiger partial charge in [-0.25, -0.2) is 45.4 Å². The normalized spacial score (nSPS) is 12.4. The van der Waals surface area contributed by atoms with Gasteiger partial charge in [0.25, 0.3) is 11.9 Å². The molecular weight excluding hydrogens is 1120 g/mol. The molecule has 0 spiro atoms.